The van der Waals surface area contributed by atoms with Crippen LogP contribution in [0.25, 0.3) is 0 Å². The minimum atomic E-state index is -3.19. The van der Waals surface area contributed by atoms with Crippen molar-refractivity contribution >= 4 is 12.1 Å². The molecule has 1 N–H and O–H groups in total. The van der Waals surface area contributed by atoms with E-state index in [1.54, 1.807) is 30.3 Å². The Morgan fingerprint density at radius 2 is 2.05 bits per heavy atom. The standard InChI is InChI=1S/C13H13F2NO4/c14-13(15,6-9-4-2-1-3-5-9)7-10-11(17)20-8-16(10)12(18)19/h1-5,10H,6-8H2,(H,18,19). The van der Waals surface area contributed by atoms with E-state index >= 15 is 0 Å². The van der Waals surface area contributed by atoms with Crippen molar-refractivity contribution in [3.63, 3.8) is 0 Å². The number of hydrogen-bond donors (Lipinski definition) is 1. The van der Waals surface area contributed by atoms with E-state index in [1.807, 2.05) is 0 Å². The quantitative estimate of drug-likeness (QED) is 0.860. The average Bonchev–Trinajstić information content (AvgIpc) is 2.71. The smallest absolute Gasteiger partial charge is 0.410 e. The zero-order chi connectivity index (χ0) is 14.8. The summed E-state index contributed by atoms with van der Waals surface area (Å²) < 4.78 is 32.4. The van der Waals surface area contributed by atoms with Crippen LogP contribution in [-0.2, 0) is 16.0 Å². The summed E-state index contributed by atoms with van der Waals surface area (Å²) in [6, 6.07) is 6.64. The largest absolute Gasteiger partial charge is 0.465 e. The van der Waals surface area contributed by atoms with E-state index in [4.69, 9.17) is 5.11 Å². The average molecular weight is 285 g/mol. The van der Waals surface area contributed by atoms with Crippen molar-refractivity contribution in [2.24, 2.45) is 0 Å². The number of alkyl halides is 2. The Bertz CT molecular complexity index is 506. The molecule has 20 heavy (non-hydrogen) atoms. The lowest BCUT2D eigenvalue weighted by Gasteiger charge is -2.22. The van der Waals surface area contributed by atoms with Crippen LogP contribution in [-0.4, -0.2) is 40.8 Å². The molecule has 0 spiro atoms. The van der Waals surface area contributed by atoms with Gasteiger partial charge in [0.2, 0.25) is 0 Å². The van der Waals surface area contributed by atoms with Crippen molar-refractivity contribution in [2.75, 3.05) is 6.73 Å². The monoisotopic (exact) mass is 285 g/mol. The fourth-order valence-electron chi connectivity index (χ4n) is 2.08. The molecule has 1 aliphatic rings. The van der Waals surface area contributed by atoms with Crippen molar-refractivity contribution in [1.29, 1.82) is 0 Å². The number of ether oxygens (including phenoxy) is 1. The fourth-order valence-corrected chi connectivity index (χ4v) is 2.08. The molecule has 7 heteroatoms. The van der Waals surface area contributed by atoms with Crippen LogP contribution < -0.4 is 0 Å². The number of rotatable bonds is 4. The highest BCUT2D eigenvalue weighted by Crippen LogP contribution is 2.29. The third-order valence-electron chi connectivity index (χ3n) is 3.04. The molecule has 1 amide bonds. The number of halogens is 2. The van der Waals surface area contributed by atoms with E-state index in [0.29, 0.717) is 10.5 Å². The van der Waals surface area contributed by atoms with Gasteiger partial charge >= 0.3 is 12.1 Å². The van der Waals surface area contributed by atoms with Gasteiger partial charge in [-0.1, -0.05) is 30.3 Å². The number of carbonyl (C=O) groups excluding carboxylic acids is 1. The molecular formula is C13H13F2NO4. The molecule has 0 aromatic heterocycles. The Morgan fingerprint density at radius 1 is 1.40 bits per heavy atom. The molecule has 1 unspecified atom stereocenters. The van der Waals surface area contributed by atoms with Crippen molar-refractivity contribution in [1.82, 2.24) is 4.90 Å². The highest BCUT2D eigenvalue weighted by Gasteiger charge is 2.45. The van der Waals surface area contributed by atoms with E-state index in [-0.39, 0.29) is 0 Å². The fraction of sp³-hybridized carbons (Fsp3) is 0.385. The Morgan fingerprint density at radius 3 is 2.65 bits per heavy atom. The Labute approximate surface area is 113 Å². The van der Waals surface area contributed by atoms with Gasteiger partial charge in [-0.15, -0.1) is 0 Å². The number of benzene rings is 1. The number of carbonyl (C=O) groups is 2. The lowest BCUT2D eigenvalue weighted by Crippen LogP contribution is -2.41. The molecule has 108 valence electrons. The summed E-state index contributed by atoms with van der Waals surface area (Å²) in [5.41, 5.74) is 0.422. The van der Waals surface area contributed by atoms with Crippen molar-refractivity contribution in [3.05, 3.63) is 35.9 Å². The first-order chi connectivity index (χ1) is 9.39. The number of hydrogen-bond acceptors (Lipinski definition) is 3. The number of esters is 1. The molecule has 0 radical (unpaired) electrons. The van der Waals surface area contributed by atoms with Gasteiger partial charge in [-0.05, 0) is 5.56 Å². The molecule has 1 atom stereocenters. The minimum absolute atomic E-state index is 0.422. The molecule has 0 saturated carbocycles. The van der Waals surface area contributed by atoms with Crippen molar-refractivity contribution in [2.45, 2.75) is 24.8 Å². The number of cyclic esters (lactones) is 1. The first kappa shape index (κ1) is 14.2. The summed E-state index contributed by atoms with van der Waals surface area (Å²) >= 11 is 0. The number of carboxylic acid groups (broad SMARTS) is 1. The number of nitrogens with zero attached hydrogens (tertiary/aromatic N) is 1. The summed E-state index contributed by atoms with van der Waals surface area (Å²) in [5, 5.41) is 8.84. The molecule has 1 heterocycles. The van der Waals surface area contributed by atoms with Gasteiger partial charge in [0, 0.05) is 12.8 Å². The van der Waals surface area contributed by atoms with Gasteiger partial charge in [0.15, 0.2) is 6.73 Å². The first-order valence-corrected chi connectivity index (χ1v) is 5.97. The molecule has 2 rings (SSSR count). The minimum Gasteiger partial charge on any atom is -0.465 e. The van der Waals surface area contributed by atoms with E-state index in [0.717, 1.165) is 0 Å². The summed E-state index contributed by atoms with van der Waals surface area (Å²) in [7, 11) is 0. The van der Waals surface area contributed by atoms with Crippen LogP contribution in [0.5, 0.6) is 0 Å². The van der Waals surface area contributed by atoms with Gasteiger partial charge in [-0.2, -0.15) is 0 Å². The zero-order valence-electron chi connectivity index (χ0n) is 10.5. The highest BCUT2D eigenvalue weighted by atomic mass is 19.3. The van der Waals surface area contributed by atoms with Crippen LogP contribution in [0.1, 0.15) is 12.0 Å². The molecule has 1 aliphatic heterocycles. The van der Waals surface area contributed by atoms with Gasteiger partial charge in [0.25, 0.3) is 5.92 Å². The summed E-state index contributed by atoms with van der Waals surface area (Å²) in [5.74, 6) is -4.12. The lowest BCUT2D eigenvalue weighted by molar-refractivity contribution is -0.141. The first-order valence-electron chi connectivity index (χ1n) is 5.97. The van der Waals surface area contributed by atoms with E-state index < -0.39 is 43.6 Å². The molecule has 0 bridgehead atoms. The zero-order valence-corrected chi connectivity index (χ0v) is 10.5. The second-order valence-electron chi connectivity index (χ2n) is 4.58. The molecule has 1 aromatic carbocycles. The topological polar surface area (TPSA) is 66.8 Å². The normalized spacial score (nSPS) is 19.0. The van der Waals surface area contributed by atoms with Crippen LogP contribution in [0.3, 0.4) is 0 Å². The third-order valence-corrected chi connectivity index (χ3v) is 3.04. The van der Waals surface area contributed by atoms with Crippen LogP contribution in [0, 0.1) is 0 Å². The molecule has 1 aromatic rings. The van der Waals surface area contributed by atoms with Gasteiger partial charge in [0.05, 0.1) is 0 Å². The second-order valence-corrected chi connectivity index (χ2v) is 4.58. The predicted octanol–water partition coefficient (Wildman–Crippen LogP) is 2.12. The third kappa shape index (κ3) is 3.23. The van der Waals surface area contributed by atoms with Gasteiger partial charge in [0.1, 0.15) is 6.04 Å². The molecular weight excluding hydrogens is 272 g/mol. The van der Waals surface area contributed by atoms with Crippen molar-refractivity contribution < 1.29 is 28.2 Å². The van der Waals surface area contributed by atoms with Crippen LogP contribution in [0.15, 0.2) is 30.3 Å². The van der Waals surface area contributed by atoms with Crippen LogP contribution in [0.4, 0.5) is 13.6 Å². The maximum Gasteiger partial charge on any atom is 0.410 e. The second kappa shape index (κ2) is 5.44. The molecule has 5 nitrogen and oxygen atoms in total. The number of amides is 1. The van der Waals surface area contributed by atoms with Crippen LogP contribution in [0.2, 0.25) is 0 Å². The Balaban J connectivity index is 2.07. The Kier molecular flexibility index (Phi) is 3.87. The SMILES string of the molecule is O=C1OCN(C(=O)O)C1CC(F)(F)Cc1ccccc1. The van der Waals surface area contributed by atoms with Gasteiger partial charge < -0.3 is 9.84 Å². The molecule has 0 aliphatic carbocycles. The summed E-state index contributed by atoms with van der Waals surface area (Å²) in [6.07, 6.45) is -2.88. The van der Waals surface area contributed by atoms with Crippen LogP contribution >= 0.6 is 0 Å². The maximum atomic E-state index is 13.9. The highest BCUT2D eigenvalue weighted by molar-refractivity contribution is 5.83. The van der Waals surface area contributed by atoms with Gasteiger partial charge in [-0.25, -0.2) is 18.4 Å². The maximum absolute atomic E-state index is 13.9. The predicted molar refractivity (Wildman–Crippen MR) is 64.3 cm³/mol. The Hall–Kier alpha value is -2.18. The van der Waals surface area contributed by atoms with E-state index in [2.05, 4.69) is 4.74 Å². The molecule has 1 saturated heterocycles. The van der Waals surface area contributed by atoms with Crippen molar-refractivity contribution in [3.8, 4) is 0 Å². The van der Waals surface area contributed by atoms with E-state index in [1.165, 1.54) is 0 Å². The van der Waals surface area contributed by atoms with E-state index in [9.17, 15) is 18.4 Å². The lowest BCUT2D eigenvalue weighted by atomic mass is 10.0. The molecule has 1 fully saturated rings. The summed E-state index contributed by atoms with van der Waals surface area (Å²) in [4.78, 5) is 22.8. The van der Waals surface area contributed by atoms with Gasteiger partial charge in [-0.3, -0.25) is 4.90 Å². The summed E-state index contributed by atoms with van der Waals surface area (Å²) in [6.45, 7) is -0.500.